The molecular formula is C17H21NO. The molecule has 2 aromatic rings. The van der Waals surface area contributed by atoms with Crippen LogP contribution >= 0.6 is 0 Å². The first kappa shape index (κ1) is 13.6. The molecule has 0 aliphatic rings. The molecule has 0 bridgehead atoms. The Morgan fingerprint density at radius 1 is 0.947 bits per heavy atom. The van der Waals surface area contributed by atoms with E-state index >= 15 is 0 Å². The Hall–Kier alpha value is -1.80. The van der Waals surface area contributed by atoms with Gasteiger partial charge in [0.15, 0.2) is 0 Å². The van der Waals surface area contributed by atoms with Gasteiger partial charge in [-0.05, 0) is 37.2 Å². The minimum Gasteiger partial charge on any atom is -0.492 e. The Labute approximate surface area is 115 Å². The van der Waals surface area contributed by atoms with E-state index in [9.17, 15) is 0 Å². The lowest BCUT2D eigenvalue weighted by molar-refractivity contribution is 0.232. The fourth-order valence-electron chi connectivity index (χ4n) is 1.99. The summed E-state index contributed by atoms with van der Waals surface area (Å²) in [5.41, 5.74) is 2.73. The molecule has 0 heterocycles. The Morgan fingerprint density at radius 2 is 1.63 bits per heavy atom. The summed E-state index contributed by atoms with van der Waals surface area (Å²) < 4.78 is 5.70. The first-order valence-corrected chi connectivity index (χ1v) is 6.66. The van der Waals surface area contributed by atoms with Crippen molar-refractivity contribution in [2.75, 3.05) is 20.2 Å². The van der Waals surface area contributed by atoms with Gasteiger partial charge >= 0.3 is 0 Å². The highest BCUT2D eigenvalue weighted by Gasteiger charge is 2.02. The topological polar surface area (TPSA) is 12.5 Å². The second kappa shape index (κ2) is 6.95. The average molecular weight is 255 g/mol. The molecule has 2 heteroatoms. The molecule has 0 N–H and O–H groups in total. The highest BCUT2D eigenvalue weighted by Crippen LogP contribution is 2.10. The van der Waals surface area contributed by atoms with Gasteiger partial charge in [-0.3, -0.25) is 4.90 Å². The normalized spacial score (nSPS) is 10.7. The fourth-order valence-corrected chi connectivity index (χ4v) is 1.99. The summed E-state index contributed by atoms with van der Waals surface area (Å²) in [5, 5.41) is 0. The fraction of sp³-hybridized carbons (Fsp3) is 0.294. The van der Waals surface area contributed by atoms with Crippen LogP contribution in [0.15, 0.2) is 54.6 Å². The van der Waals surface area contributed by atoms with E-state index in [0.29, 0.717) is 6.61 Å². The van der Waals surface area contributed by atoms with Crippen LogP contribution in [0.25, 0.3) is 0 Å². The summed E-state index contributed by atoms with van der Waals surface area (Å²) in [6, 6.07) is 18.5. The van der Waals surface area contributed by atoms with Gasteiger partial charge in [0.25, 0.3) is 0 Å². The first-order valence-electron chi connectivity index (χ1n) is 6.66. The molecule has 0 amide bonds. The molecule has 0 spiro atoms. The standard InChI is InChI=1S/C17H21NO/c1-15-8-6-7-9-16(15)14-18(2)12-13-19-17-10-4-3-5-11-17/h3-11H,12-14H2,1-2H3. The zero-order valence-corrected chi connectivity index (χ0v) is 11.7. The number of benzene rings is 2. The monoisotopic (exact) mass is 255 g/mol. The summed E-state index contributed by atoms with van der Waals surface area (Å²) in [4.78, 5) is 2.28. The van der Waals surface area contributed by atoms with Crippen molar-refractivity contribution in [2.45, 2.75) is 13.5 Å². The number of ether oxygens (including phenoxy) is 1. The quantitative estimate of drug-likeness (QED) is 0.783. The van der Waals surface area contributed by atoms with Gasteiger partial charge in [-0.1, -0.05) is 42.5 Å². The molecule has 100 valence electrons. The lowest BCUT2D eigenvalue weighted by atomic mass is 10.1. The van der Waals surface area contributed by atoms with E-state index in [1.54, 1.807) is 0 Å². The third-order valence-corrected chi connectivity index (χ3v) is 3.19. The van der Waals surface area contributed by atoms with Crippen LogP contribution in [0.5, 0.6) is 5.75 Å². The van der Waals surface area contributed by atoms with Gasteiger partial charge in [-0.25, -0.2) is 0 Å². The second-order valence-corrected chi connectivity index (χ2v) is 4.83. The molecule has 2 rings (SSSR count). The minimum atomic E-state index is 0.715. The highest BCUT2D eigenvalue weighted by molar-refractivity contribution is 5.25. The van der Waals surface area contributed by atoms with Crippen molar-refractivity contribution in [2.24, 2.45) is 0 Å². The minimum absolute atomic E-state index is 0.715. The largest absolute Gasteiger partial charge is 0.492 e. The van der Waals surface area contributed by atoms with Gasteiger partial charge in [0, 0.05) is 13.1 Å². The van der Waals surface area contributed by atoms with Crippen molar-refractivity contribution in [3.8, 4) is 5.75 Å². The van der Waals surface area contributed by atoms with E-state index < -0.39 is 0 Å². The van der Waals surface area contributed by atoms with Crippen molar-refractivity contribution >= 4 is 0 Å². The molecule has 0 saturated carbocycles. The van der Waals surface area contributed by atoms with Crippen LogP contribution < -0.4 is 4.74 Å². The Morgan fingerprint density at radius 3 is 2.37 bits per heavy atom. The maximum atomic E-state index is 5.70. The predicted octanol–water partition coefficient (Wildman–Crippen LogP) is 3.51. The molecule has 2 aromatic carbocycles. The Bertz CT molecular complexity index is 496. The van der Waals surface area contributed by atoms with Gasteiger partial charge in [0.05, 0.1) is 0 Å². The van der Waals surface area contributed by atoms with Crippen LogP contribution in [-0.4, -0.2) is 25.1 Å². The molecular weight excluding hydrogens is 234 g/mol. The predicted molar refractivity (Wildman–Crippen MR) is 79.5 cm³/mol. The summed E-state index contributed by atoms with van der Waals surface area (Å²) in [6.45, 7) is 4.75. The summed E-state index contributed by atoms with van der Waals surface area (Å²) in [5.74, 6) is 0.937. The van der Waals surface area contributed by atoms with Gasteiger partial charge in [-0.2, -0.15) is 0 Å². The molecule has 0 radical (unpaired) electrons. The van der Waals surface area contributed by atoms with E-state index in [1.165, 1.54) is 11.1 Å². The highest BCUT2D eigenvalue weighted by atomic mass is 16.5. The maximum Gasteiger partial charge on any atom is 0.119 e. The van der Waals surface area contributed by atoms with E-state index in [2.05, 4.69) is 43.1 Å². The maximum absolute atomic E-state index is 5.70. The van der Waals surface area contributed by atoms with E-state index in [0.717, 1.165) is 18.8 Å². The Balaban J connectivity index is 1.76. The molecule has 19 heavy (non-hydrogen) atoms. The van der Waals surface area contributed by atoms with Crippen LogP contribution in [0, 0.1) is 6.92 Å². The van der Waals surface area contributed by atoms with Crippen molar-refractivity contribution in [3.63, 3.8) is 0 Å². The lowest BCUT2D eigenvalue weighted by Gasteiger charge is -2.18. The Kier molecular flexibility index (Phi) is 4.99. The van der Waals surface area contributed by atoms with Gasteiger partial charge < -0.3 is 4.74 Å². The third-order valence-electron chi connectivity index (χ3n) is 3.19. The lowest BCUT2D eigenvalue weighted by Crippen LogP contribution is -2.24. The molecule has 2 nitrogen and oxygen atoms in total. The van der Waals surface area contributed by atoms with E-state index in [1.807, 2.05) is 30.3 Å². The van der Waals surface area contributed by atoms with Crippen molar-refractivity contribution in [3.05, 3.63) is 65.7 Å². The van der Waals surface area contributed by atoms with Crippen LogP contribution in [-0.2, 0) is 6.54 Å². The molecule has 0 unspecified atom stereocenters. The zero-order chi connectivity index (χ0) is 13.5. The summed E-state index contributed by atoms with van der Waals surface area (Å²) in [6.07, 6.45) is 0. The molecule has 0 aromatic heterocycles. The summed E-state index contributed by atoms with van der Waals surface area (Å²) in [7, 11) is 2.13. The number of likely N-dealkylation sites (N-methyl/N-ethyl adjacent to an activating group) is 1. The van der Waals surface area contributed by atoms with Crippen molar-refractivity contribution in [1.29, 1.82) is 0 Å². The van der Waals surface area contributed by atoms with Gasteiger partial charge in [0.1, 0.15) is 12.4 Å². The van der Waals surface area contributed by atoms with E-state index in [4.69, 9.17) is 4.74 Å². The van der Waals surface area contributed by atoms with Crippen LogP contribution in [0.1, 0.15) is 11.1 Å². The van der Waals surface area contributed by atoms with E-state index in [-0.39, 0.29) is 0 Å². The molecule has 0 aliphatic heterocycles. The number of hydrogen-bond acceptors (Lipinski definition) is 2. The van der Waals surface area contributed by atoms with Gasteiger partial charge in [-0.15, -0.1) is 0 Å². The number of rotatable bonds is 6. The smallest absolute Gasteiger partial charge is 0.119 e. The first-order chi connectivity index (χ1) is 9.25. The van der Waals surface area contributed by atoms with Crippen molar-refractivity contribution in [1.82, 2.24) is 4.90 Å². The van der Waals surface area contributed by atoms with Crippen LogP contribution in [0.2, 0.25) is 0 Å². The molecule has 0 saturated heterocycles. The van der Waals surface area contributed by atoms with Crippen LogP contribution in [0.3, 0.4) is 0 Å². The average Bonchev–Trinajstić information content (AvgIpc) is 2.43. The third kappa shape index (κ3) is 4.42. The molecule has 0 aliphatic carbocycles. The number of aryl methyl sites for hydroxylation is 1. The number of nitrogens with zero attached hydrogens (tertiary/aromatic N) is 1. The zero-order valence-electron chi connectivity index (χ0n) is 11.7. The molecule has 0 fully saturated rings. The van der Waals surface area contributed by atoms with Crippen LogP contribution in [0.4, 0.5) is 0 Å². The van der Waals surface area contributed by atoms with Gasteiger partial charge in [0.2, 0.25) is 0 Å². The summed E-state index contributed by atoms with van der Waals surface area (Å²) >= 11 is 0. The van der Waals surface area contributed by atoms with Crippen molar-refractivity contribution < 1.29 is 4.74 Å². The number of para-hydroxylation sites is 1. The molecule has 0 atom stereocenters. The SMILES string of the molecule is Cc1ccccc1CN(C)CCOc1ccccc1. The number of hydrogen-bond donors (Lipinski definition) is 0. The second-order valence-electron chi connectivity index (χ2n) is 4.83.